The Balaban J connectivity index is 2.84. The summed E-state index contributed by atoms with van der Waals surface area (Å²) in [4.78, 5) is 22.4. The van der Waals surface area contributed by atoms with Gasteiger partial charge in [-0.1, -0.05) is 0 Å². The van der Waals surface area contributed by atoms with Gasteiger partial charge in [0.1, 0.15) is 0 Å². The fourth-order valence-electron chi connectivity index (χ4n) is 1.45. The van der Waals surface area contributed by atoms with Crippen LogP contribution in [0.3, 0.4) is 0 Å². The van der Waals surface area contributed by atoms with E-state index >= 15 is 0 Å². The molecule has 1 unspecified atom stereocenters. The molecule has 78 valence electrons. The van der Waals surface area contributed by atoms with Gasteiger partial charge in [0.15, 0.2) is 0 Å². The molecule has 0 aromatic rings. The van der Waals surface area contributed by atoms with Crippen LogP contribution in [0.5, 0.6) is 0 Å². The van der Waals surface area contributed by atoms with E-state index in [2.05, 4.69) is 9.47 Å². The van der Waals surface area contributed by atoms with E-state index in [1.165, 1.54) is 20.3 Å². The molecule has 0 aliphatic heterocycles. The van der Waals surface area contributed by atoms with Gasteiger partial charge >= 0.3 is 11.9 Å². The van der Waals surface area contributed by atoms with Crippen LogP contribution in [0, 0.1) is 5.92 Å². The summed E-state index contributed by atoms with van der Waals surface area (Å²) in [5.74, 6) is -1.84. The number of hydrogen-bond donors (Lipinski definition) is 1. The Morgan fingerprint density at radius 3 is 2.57 bits per heavy atom. The molecule has 0 aromatic carbocycles. The van der Waals surface area contributed by atoms with Crippen molar-refractivity contribution in [2.45, 2.75) is 12.5 Å². The normalized spacial score (nSPS) is 25.5. The molecular formula is C9H12O5. The van der Waals surface area contributed by atoms with Crippen molar-refractivity contribution in [3.05, 3.63) is 11.6 Å². The first kappa shape index (κ1) is 10.7. The number of carbonyl (C=O) groups excluding carboxylic acids is 2. The van der Waals surface area contributed by atoms with Crippen LogP contribution in [0.25, 0.3) is 0 Å². The summed E-state index contributed by atoms with van der Waals surface area (Å²) in [6.07, 6.45) is 0.720. The first-order valence-electron chi connectivity index (χ1n) is 4.16. The van der Waals surface area contributed by atoms with Crippen LogP contribution in [0.15, 0.2) is 11.6 Å². The predicted molar refractivity (Wildman–Crippen MR) is 46.2 cm³/mol. The Labute approximate surface area is 81.3 Å². The minimum atomic E-state index is -0.784. The molecule has 14 heavy (non-hydrogen) atoms. The summed E-state index contributed by atoms with van der Waals surface area (Å²) >= 11 is 0. The highest BCUT2D eigenvalue weighted by Crippen LogP contribution is 2.27. The molecule has 2 atom stereocenters. The van der Waals surface area contributed by atoms with E-state index in [4.69, 9.17) is 0 Å². The summed E-state index contributed by atoms with van der Waals surface area (Å²) in [6.45, 7) is 0. The zero-order valence-corrected chi connectivity index (χ0v) is 8.02. The van der Waals surface area contributed by atoms with Gasteiger partial charge in [0.2, 0.25) is 0 Å². The molecule has 0 aromatic heterocycles. The second-order valence-electron chi connectivity index (χ2n) is 2.99. The van der Waals surface area contributed by atoms with Crippen LogP contribution in [-0.2, 0) is 19.1 Å². The first-order chi connectivity index (χ1) is 6.60. The minimum absolute atomic E-state index is 0.173. The second kappa shape index (κ2) is 4.23. The Kier molecular flexibility index (Phi) is 3.24. The maximum atomic E-state index is 11.2. The minimum Gasteiger partial charge on any atom is -0.469 e. The summed E-state index contributed by atoms with van der Waals surface area (Å²) in [5.41, 5.74) is 0.173. The lowest BCUT2D eigenvalue weighted by Crippen LogP contribution is -2.21. The van der Waals surface area contributed by atoms with Gasteiger partial charge in [-0.2, -0.15) is 0 Å². The molecule has 0 amide bonds. The molecule has 1 rings (SSSR count). The van der Waals surface area contributed by atoms with Crippen LogP contribution in [0.1, 0.15) is 6.42 Å². The van der Waals surface area contributed by atoms with E-state index < -0.39 is 24.0 Å². The lowest BCUT2D eigenvalue weighted by atomic mass is 10.0. The highest BCUT2D eigenvalue weighted by molar-refractivity contribution is 5.96. The summed E-state index contributed by atoms with van der Waals surface area (Å²) in [6, 6.07) is 0. The molecule has 0 fully saturated rings. The molecule has 0 spiro atoms. The number of carbonyl (C=O) groups is 2. The summed E-state index contributed by atoms with van der Waals surface area (Å²) < 4.78 is 8.99. The first-order valence-corrected chi connectivity index (χ1v) is 4.16. The van der Waals surface area contributed by atoms with Gasteiger partial charge in [-0.05, 0) is 12.5 Å². The fraction of sp³-hybridized carbons (Fsp3) is 0.556. The highest BCUT2D eigenvalue weighted by atomic mass is 16.5. The monoisotopic (exact) mass is 200 g/mol. The van der Waals surface area contributed by atoms with Crippen molar-refractivity contribution in [3.8, 4) is 0 Å². The van der Waals surface area contributed by atoms with Crippen molar-refractivity contribution >= 4 is 11.9 Å². The van der Waals surface area contributed by atoms with Crippen LogP contribution in [-0.4, -0.2) is 37.4 Å². The summed E-state index contributed by atoms with van der Waals surface area (Å²) in [7, 11) is 2.46. The number of methoxy groups -OCH3 is 2. The van der Waals surface area contributed by atoms with Crippen LogP contribution >= 0.6 is 0 Å². The van der Waals surface area contributed by atoms with Crippen molar-refractivity contribution in [1.82, 2.24) is 0 Å². The Morgan fingerprint density at radius 1 is 1.43 bits per heavy atom. The SMILES string of the molecule is COC(=O)C1=C[C@@H](O)CC1C(=O)OC. The summed E-state index contributed by atoms with van der Waals surface area (Å²) in [5, 5.41) is 9.27. The van der Waals surface area contributed by atoms with Gasteiger partial charge in [0.05, 0.1) is 31.8 Å². The van der Waals surface area contributed by atoms with E-state index in [0.29, 0.717) is 0 Å². The number of ether oxygens (including phenoxy) is 2. The van der Waals surface area contributed by atoms with E-state index in [0.717, 1.165) is 0 Å². The van der Waals surface area contributed by atoms with E-state index in [9.17, 15) is 14.7 Å². The van der Waals surface area contributed by atoms with Gasteiger partial charge in [0.25, 0.3) is 0 Å². The molecular weight excluding hydrogens is 188 g/mol. The van der Waals surface area contributed by atoms with Gasteiger partial charge in [-0.15, -0.1) is 0 Å². The maximum absolute atomic E-state index is 11.2. The lowest BCUT2D eigenvalue weighted by molar-refractivity contribution is -0.147. The highest BCUT2D eigenvalue weighted by Gasteiger charge is 2.36. The third kappa shape index (κ3) is 1.93. The number of aliphatic hydroxyl groups excluding tert-OH is 1. The molecule has 1 aliphatic rings. The average molecular weight is 200 g/mol. The van der Waals surface area contributed by atoms with Crippen LogP contribution in [0.4, 0.5) is 0 Å². The predicted octanol–water partition coefficient (Wildman–Crippen LogP) is -0.360. The van der Waals surface area contributed by atoms with E-state index in [1.54, 1.807) is 0 Å². The number of hydrogen-bond acceptors (Lipinski definition) is 5. The van der Waals surface area contributed by atoms with Crippen molar-refractivity contribution in [3.63, 3.8) is 0 Å². The molecule has 5 nitrogen and oxygen atoms in total. The molecule has 0 saturated carbocycles. The molecule has 0 bridgehead atoms. The zero-order valence-electron chi connectivity index (χ0n) is 8.02. The molecule has 0 heterocycles. The standard InChI is InChI=1S/C9H12O5/c1-13-8(11)6-3-5(10)4-7(6)9(12)14-2/h3,5,7,10H,4H2,1-2H3/t5-,7?/m1/s1. The van der Waals surface area contributed by atoms with Gasteiger partial charge in [-0.3, -0.25) is 4.79 Å². The fourth-order valence-corrected chi connectivity index (χ4v) is 1.45. The smallest absolute Gasteiger partial charge is 0.334 e. The largest absolute Gasteiger partial charge is 0.469 e. The van der Waals surface area contributed by atoms with Crippen molar-refractivity contribution in [1.29, 1.82) is 0 Å². The lowest BCUT2D eigenvalue weighted by Gasteiger charge is -2.10. The molecule has 0 saturated heterocycles. The Bertz CT molecular complexity index is 281. The Hall–Kier alpha value is -1.36. The number of rotatable bonds is 2. The van der Waals surface area contributed by atoms with E-state index in [1.807, 2.05) is 0 Å². The van der Waals surface area contributed by atoms with Gasteiger partial charge in [0, 0.05) is 0 Å². The van der Waals surface area contributed by atoms with Crippen LogP contribution in [0.2, 0.25) is 0 Å². The van der Waals surface area contributed by atoms with Gasteiger partial charge < -0.3 is 14.6 Å². The van der Waals surface area contributed by atoms with Crippen LogP contribution < -0.4 is 0 Å². The molecule has 1 aliphatic carbocycles. The number of aliphatic hydroxyl groups is 1. The van der Waals surface area contributed by atoms with Crippen molar-refractivity contribution in [2.24, 2.45) is 5.92 Å². The van der Waals surface area contributed by atoms with Crippen molar-refractivity contribution < 1.29 is 24.2 Å². The third-order valence-corrected chi connectivity index (χ3v) is 2.13. The zero-order chi connectivity index (χ0) is 10.7. The van der Waals surface area contributed by atoms with Crippen molar-refractivity contribution in [2.75, 3.05) is 14.2 Å². The third-order valence-electron chi connectivity index (χ3n) is 2.13. The average Bonchev–Trinajstić information content (AvgIpc) is 2.58. The topological polar surface area (TPSA) is 72.8 Å². The Morgan fingerprint density at radius 2 is 2.07 bits per heavy atom. The molecule has 1 N–H and O–H groups in total. The number of esters is 2. The molecule has 0 radical (unpaired) electrons. The van der Waals surface area contributed by atoms with E-state index in [-0.39, 0.29) is 12.0 Å². The quantitative estimate of drug-likeness (QED) is 0.616. The maximum Gasteiger partial charge on any atom is 0.334 e. The molecule has 5 heteroatoms. The second-order valence-corrected chi connectivity index (χ2v) is 2.99. The van der Waals surface area contributed by atoms with Gasteiger partial charge in [-0.25, -0.2) is 4.79 Å².